The average molecular weight is 285 g/mol. The van der Waals surface area contributed by atoms with E-state index in [0.29, 0.717) is 41.8 Å². The van der Waals surface area contributed by atoms with Crippen LogP contribution in [-0.4, -0.2) is 24.1 Å². The van der Waals surface area contributed by atoms with Crippen LogP contribution in [0.2, 0.25) is 0 Å². The topological polar surface area (TPSA) is 86.5 Å². The number of anilines is 2. The van der Waals surface area contributed by atoms with Crippen LogP contribution in [0.5, 0.6) is 11.5 Å². The molecule has 2 heterocycles. The number of amides is 1. The van der Waals surface area contributed by atoms with Gasteiger partial charge in [0, 0.05) is 5.56 Å². The van der Waals surface area contributed by atoms with Crippen LogP contribution in [0.15, 0.2) is 30.5 Å². The van der Waals surface area contributed by atoms with Gasteiger partial charge in [0.25, 0.3) is 5.91 Å². The number of pyridine rings is 1. The Labute approximate surface area is 121 Å². The molecule has 0 saturated carbocycles. The van der Waals surface area contributed by atoms with Crippen molar-refractivity contribution in [3.63, 3.8) is 0 Å². The number of nitrogens with two attached hydrogens (primary N) is 1. The molecular formula is C15H15N3O3. The van der Waals surface area contributed by atoms with Crippen molar-refractivity contribution in [2.24, 2.45) is 0 Å². The minimum atomic E-state index is -0.261. The number of aryl methyl sites for hydroxylation is 1. The summed E-state index contributed by atoms with van der Waals surface area (Å²) < 4.78 is 10.9. The van der Waals surface area contributed by atoms with Crippen LogP contribution in [0.3, 0.4) is 0 Å². The molecule has 1 aliphatic heterocycles. The van der Waals surface area contributed by atoms with Gasteiger partial charge in [0.1, 0.15) is 19.0 Å². The van der Waals surface area contributed by atoms with Gasteiger partial charge in [0.05, 0.1) is 11.9 Å². The van der Waals surface area contributed by atoms with Crippen LogP contribution >= 0.6 is 0 Å². The first kappa shape index (κ1) is 13.2. The number of ether oxygens (including phenoxy) is 2. The Hall–Kier alpha value is -2.76. The van der Waals surface area contributed by atoms with E-state index in [-0.39, 0.29) is 5.91 Å². The Balaban J connectivity index is 1.80. The van der Waals surface area contributed by atoms with Crippen LogP contribution in [0.25, 0.3) is 0 Å². The van der Waals surface area contributed by atoms with E-state index in [4.69, 9.17) is 15.2 Å². The fourth-order valence-electron chi connectivity index (χ4n) is 2.01. The van der Waals surface area contributed by atoms with E-state index in [1.54, 1.807) is 24.3 Å². The summed E-state index contributed by atoms with van der Waals surface area (Å²) in [6, 6.07) is 6.80. The van der Waals surface area contributed by atoms with Crippen molar-refractivity contribution in [1.29, 1.82) is 0 Å². The average Bonchev–Trinajstić information content (AvgIpc) is 2.50. The number of nitrogens with one attached hydrogen (secondary N) is 1. The predicted molar refractivity (Wildman–Crippen MR) is 78.8 cm³/mol. The fourth-order valence-corrected chi connectivity index (χ4v) is 2.01. The van der Waals surface area contributed by atoms with Crippen molar-refractivity contribution in [3.05, 3.63) is 41.6 Å². The number of hydrogen-bond donors (Lipinski definition) is 2. The molecule has 1 aromatic carbocycles. The maximum atomic E-state index is 12.2. The molecule has 0 atom stereocenters. The largest absolute Gasteiger partial charge is 0.486 e. The third-order valence-corrected chi connectivity index (χ3v) is 3.20. The first-order valence-electron chi connectivity index (χ1n) is 6.56. The summed E-state index contributed by atoms with van der Waals surface area (Å²) >= 11 is 0. The van der Waals surface area contributed by atoms with Gasteiger partial charge in [0.15, 0.2) is 11.5 Å². The van der Waals surface area contributed by atoms with E-state index in [2.05, 4.69) is 10.3 Å². The zero-order valence-electron chi connectivity index (χ0n) is 11.6. The molecule has 3 rings (SSSR count). The Morgan fingerprint density at radius 1 is 1.24 bits per heavy atom. The lowest BCUT2D eigenvalue weighted by Gasteiger charge is -2.18. The van der Waals surface area contributed by atoms with Gasteiger partial charge in [-0.3, -0.25) is 4.79 Å². The highest BCUT2D eigenvalue weighted by molar-refractivity contribution is 6.04. The van der Waals surface area contributed by atoms with Gasteiger partial charge in [-0.15, -0.1) is 0 Å². The van der Waals surface area contributed by atoms with Crippen molar-refractivity contribution in [3.8, 4) is 11.5 Å². The van der Waals surface area contributed by atoms with Crippen LogP contribution < -0.4 is 20.5 Å². The quantitative estimate of drug-likeness (QED) is 0.881. The zero-order valence-corrected chi connectivity index (χ0v) is 11.6. The summed E-state index contributed by atoms with van der Waals surface area (Å²) in [4.78, 5) is 16.3. The first-order chi connectivity index (χ1) is 10.1. The Kier molecular flexibility index (Phi) is 3.35. The normalized spacial score (nSPS) is 12.8. The third kappa shape index (κ3) is 2.74. The molecule has 2 aromatic rings. The van der Waals surface area contributed by atoms with E-state index in [1.165, 1.54) is 6.20 Å². The minimum absolute atomic E-state index is 0.261. The van der Waals surface area contributed by atoms with E-state index in [1.807, 2.05) is 6.92 Å². The fraction of sp³-hybridized carbons (Fsp3) is 0.200. The molecule has 1 amide bonds. The van der Waals surface area contributed by atoms with Gasteiger partial charge in [0.2, 0.25) is 0 Å². The SMILES string of the molecule is Cc1cc(NC(=O)c2ccc3c(c2)OCCO3)ncc1N. The number of carbonyl (C=O) groups is 1. The van der Waals surface area contributed by atoms with Gasteiger partial charge in [-0.25, -0.2) is 4.98 Å². The number of nitrogen functional groups attached to an aromatic ring is 1. The van der Waals surface area contributed by atoms with Crippen molar-refractivity contribution in [2.45, 2.75) is 6.92 Å². The van der Waals surface area contributed by atoms with E-state index in [9.17, 15) is 4.79 Å². The van der Waals surface area contributed by atoms with Crippen LogP contribution in [0, 0.1) is 6.92 Å². The molecule has 6 heteroatoms. The molecule has 3 N–H and O–H groups in total. The summed E-state index contributed by atoms with van der Waals surface area (Å²) in [5.74, 6) is 1.43. The van der Waals surface area contributed by atoms with Crippen LogP contribution in [0.4, 0.5) is 11.5 Å². The van der Waals surface area contributed by atoms with Gasteiger partial charge in [-0.05, 0) is 36.8 Å². The van der Waals surface area contributed by atoms with Gasteiger partial charge in [-0.2, -0.15) is 0 Å². The lowest BCUT2D eigenvalue weighted by atomic mass is 10.1. The zero-order chi connectivity index (χ0) is 14.8. The second-order valence-electron chi connectivity index (χ2n) is 4.74. The van der Waals surface area contributed by atoms with Crippen molar-refractivity contribution in [2.75, 3.05) is 24.3 Å². The number of rotatable bonds is 2. The maximum absolute atomic E-state index is 12.2. The summed E-state index contributed by atoms with van der Waals surface area (Å²) in [5, 5.41) is 2.73. The lowest BCUT2D eigenvalue weighted by Crippen LogP contribution is -2.17. The molecule has 0 saturated heterocycles. The van der Waals surface area contributed by atoms with Gasteiger partial charge < -0.3 is 20.5 Å². The lowest BCUT2D eigenvalue weighted by molar-refractivity contribution is 0.102. The number of hydrogen-bond acceptors (Lipinski definition) is 5. The highest BCUT2D eigenvalue weighted by atomic mass is 16.6. The predicted octanol–water partition coefficient (Wildman–Crippen LogP) is 2.00. The Bertz CT molecular complexity index is 701. The van der Waals surface area contributed by atoms with E-state index < -0.39 is 0 Å². The van der Waals surface area contributed by atoms with Gasteiger partial charge >= 0.3 is 0 Å². The molecule has 0 bridgehead atoms. The van der Waals surface area contributed by atoms with E-state index in [0.717, 1.165) is 5.56 Å². The second kappa shape index (κ2) is 5.32. The molecule has 0 aliphatic carbocycles. The van der Waals surface area contributed by atoms with Crippen molar-refractivity contribution in [1.82, 2.24) is 4.98 Å². The number of fused-ring (bicyclic) bond motifs is 1. The molecule has 0 radical (unpaired) electrons. The molecule has 0 spiro atoms. The summed E-state index contributed by atoms with van der Waals surface area (Å²) in [6.07, 6.45) is 1.52. The standard InChI is InChI=1S/C15H15N3O3/c1-9-6-14(17-8-11(9)16)18-15(19)10-2-3-12-13(7-10)21-5-4-20-12/h2-3,6-8H,4-5,16H2,1H3,(H,17,18,19). The molecule has 6 nitrogen and oxygen atoms in total. The second-order valence-corrected chi connectivity index (χ2v) is 4.74. The molecular weight excluding hydrogens is 270 g/mol. The van der Waals surface area contributed by atoms with Crippen molar-refractivity contribution < 1.29 is 14.3 Å². The molecule has 1 aromatic heterocycles. The molecule has 108 valence electrons. The summed E-state index contributed by atoms with van der Waals surface area (Å²) in [7, 11) is 0. The molecule has 21 heavy (non-hydrogen) atoms. The smallest absolute Gasteiger partial charge is 0.256 e. The van der Waals surface area contributed by atoms with Crippen LogP contribution in [0.1, 0.15) is 15.9 Å². The number of benzene rings is 1. The first-order valence-corrected chi connectivity index (χ1v) is 6.56. The third-order valence-electron chi connectivity index (χ3n) is 3.20. The number of aromatic nitrogens is 1. The Morgan fingerprint density at radius 3 is 2.76 bits per heavy atom. The number of carbonyl (C=O) groups excluding carboxylic acids is 1. The molecule has 0 unspecified atom stereocenters. The highest BCUT2D eigenvalue weighted by Crippen LogP contribution is 2.30. The number of nitrogens with zero attached hydrogens (tertiary/aromatic N) is 1. The highest BCUT2D eigenvalue weighted by Gasteiger charge is 2.15. The van der Waals surface area contributed by atoms with Crippen LogP contribution in [-0.2, 0) is 0 Å². The van der Waals surface area contributed by atoms with E-state index >= 15 is 0 Å². The van der Waals surface area contributed by atoms with Crippen molar-refractivity contribution >= 4 is 17.4 Å². The molecule has 0 fully saturated rings. The summed E-state index contributed by atoms with van der Waals surface area (Å²) in [6.45, 7) is 2.86. The summed E-state index contributed by atoms with van der Waals surface area (Å²) in [5.41, 5.74) is 7.64. The monoisotopic (exact) mass is 285 g/mol. The molecule has 1 aliphatic rings. The maximum Gasteiger partial charge on any atom is 0.256 e. The Morgan fingerprint density at radius 2 is 2.00 bits per heavy atom. The minimum Gasteiger partial charge on any atom is -0.486 e. The van der Waals surface area contributed by atoms with Gasteiger partial charge in [-0.1, -0.05) is 0 Å².